The third-order valence-corrected chi connectivity index (χ3v) is 4.22. The normalized spacial score (nSPS) is 10.6. The monoisotopic (exact) mass is 501 g/mol. The average molecular weight is 502 g/mol. The Labute approximate surface area is 196 Å². The number of hydrogen-bond acceptors (Lipinski definition) is 7. The number of alkyl halides is 3. The summed E-state index contributed by atoms with van der Waals surface area (Å²) in [5.41, 5.74) is -2.39. The van der Waals surface area contributed by atoms with Gasteiger partial charge in [0.2, 0.25) is 16.9 Å². The van der Waals surface area contributed by atoms with Gasteiger partial charge in [0, 0.05) is 11.2 Å². The lowest BCUT2D eigenvalue weighted by Gasteiger charge is -2.15. The van der Waals surface area contributed by atoms with Gasteiger partial charge in [0.1, 0.15) is 5.75 Å². The number of aromatic nitrogens is 4. The van der Waals surface area contributed by atoms with Crippen molar-refractivity contribution in [3.8, 4) is 23.4 Å². The summed E-state index contributed by atoms with van der Waals surface area (Å²) in [6, 6.07) is 5.38. The van der Waals surface area contributed by atoms with Crippen molar-refractivity contribution >= 4 is 23.2 Å². The van der Waals surface area contributed by atoms with Crippen LogP contribution in [0.15, 0.2) is 35.5 Å². The molecule has 0 saturated heterocycles. The highest BCUT2D eigenvalue weighted by Crippen LogP contribution is 2.35. The van der Waals surface area contributed by atoms with Crippen LogP contribution in [0, 0.1) is 11.3 Å². The fraction of sp³-hybridized carbons (Fsp3) is 0.250. The molecule has 8 nitrogen and oxygen atoms in total. The lowest BCUT2D eigenvalue weighted by molar-refractivity contribution is -0.142. The topological polar surface area (TPSA) is 103 Å². The zero-order valence-electron chi connectivity index (χ0n) is 17.4. The van der Waals surface area contributed by atoms with Crippen LogP contribution >= 0.6 is 23.2 Å². The van der Waals surface area contributed by atoms with E-state index in [0.29, 0.717) is 6.33 Å². The van der Waals surface area contributed by atoms with Gasteiger partial charge in [-0.15, -0.1) is 0 Å². The molecule has 3 aromatic rings. The first-order valence-electron chi connectivity index (χ1n) is 9.23. The third kappa shape index (κ3) is 6.34. The second kappa shape index (κ2) is 11.0. The van der Waals surface area contributed by atoms with Crippen LogP contribution in [-0.2, 0) is 12.7 Å². The minimum Gasteiger partial charge on any atom is -0.481 e. The molecule has 0 unspecified atom stereocenters. The van der Waals surface area contributed by atoms with Crippen molar-refractivity contribution in [3.05, 3.63) is 68.2 Å². The van der Waals surface area contributed by atoms with Gasteiger partial charge < -0.3 is 9.47 Å². The Kier molecular flexibility index (Phi) is 8.62. The lowest BCUT2D eigenvalue weighted by Crippen LogP contribution is -2.27. The average Bonchev–Trinajstić information content (AvgIpc) is 2.77. The molecule has 2 heterocycles. The van der Waals surface area contributed by atoms with Gasteiger partial charge in [-0.25, -0.2) is 9.97 Å². The first-order chi connectivity index (χ1) is 15.6. The maximum Gasteiger partial charge on any atom is 0.437 e. The summed E-state index contributed by atoms with van der Waals surface area (Å²) in [4.78, 5) is 23.8. The molecule has 1 aromatic carbocycles. The standard InChI is InChI=1S/C18H10Cl2F3N5O3.C2H6/c1-30-15-10(6-25-17(20)27-15)7-28-8-26-14(18(21,22)23)13(16(28)29)31-12-3-9(5-24)2-11(19)4-12;1-2/h2-4,6,8H,7H2,1H3;1-2H3. The van der Waals surface area contributed by atoms with Gasteiger partial charge in [0.05, 0.1) is 37.2 Å². The summed E-state index contributed by atoms with van der Waals surface area (Å²) < 4.78 is 51.5. The molecule has 0 bridgehead atoms. The first kappa shape index (κ1) is 25.9. The van der Waals surface area contributed by atoms with E-state index in [4.69, 9.17) is 37.9 Å². The van der Waals surface area contributed by atoms with E-state index in [1.54, 1.807) is 6.07 Å². The SMILES string of the molecule is CC.COc1nc(Cl)ncc1Cn1cnc(C(F)(F)F)c(Oc2cc(Cl)cc(C#N)c2)c1=O. The van der Waals surface area contributed by atoms with E-state index in [-0.39, 0.29) is 39.6 Å². The van der Waals surface area contributed by atoms with Gasteiger partial charge in [0.25, 0.3) is 5.56 Å². The van der Waals surface area contributed by atoms with Gasteiger partial charge in [-0.05, 0) is 29.8 Å². The Bertz CT molecular complexity index is 1240. The van der Waals surface area contributed by atoms with Gasteiger partial charge in [-0.3, -0.25) is 9.36 Å². The van der Waals surface area contributed by atoms with Crippen molar-refractivity contribution in [2.45, 2.75) is 26.6 Å². The van der Waals surface area contributed by atoms with E-state index in [1.807, 2.05) is 13.8 Å². The van der Waals surface area contributed by atoms with Crippen LogP contribution in [0.1, 0.15) is 30.7 Å². The molecule has 0 spiro atoms. The van der Waals surface area contributed by atoms with E-state index >= 15 is 0 Å². The molecule has 33 heavy (non-hydrogen) atoms. The maximum absolute atomic E-state index is 13.5. The second-order valence-corrected chi connectivity index (χ2v) is 6.69. The van der Waals surface area contributed by atoms with E-state index in [0.717, 1.165) is 16.7 Å². The Balaban J connectivity index is 0.00000187. The number of hydrogen-bond donors (Lipinski definition) is 0. The fourth-order valence-electron chi connectivity index (χ4n) is 2.52. The zero-order valence-corrected chi connectivity index (χ0v) is 19.0. The Morgan fingerprint density at radius 1 is 1.18 bits per heavy atom. The number of nitriles is 1. The van der Waals surface area contributed by atoms with E-state index in [9.17, 15) is 18.0 Å². The molecule has 0 radical (unpaired) electrons. The minimum atomic E-state index is -4.98. The van der Waals surface area contributed by atoms with Crippen molar-refractivity contribution in [2.75, 3.05) is 7.11 Å². The van der Waals surface area contributed by atoms with Gasteiger partial charge >= 0.3 is 6.18 Å². The fourth-order valence-corrected chi connectivity index (χ4v) is 2.87. The Morgan fingerprint density at radius 3 is 2.48 bits per heavy atom. The quantitative estimate of drug-likeness (QED) is 0.447. The number of halogens is 5. The molecule has 2 aromatic heterocycles. The highest BCUT2D eigenvalue weighted by Gasteiger charge is 2.38. The predicted molar refractivity (Wildman–Crippen MR) is 114 cm³/mol. The summed E-state index contributed by atoms with van der Waals surface area (Å²) in [6.07, 6.45) is -3.01. The molecule has 3 rings (SSSR count). The number of rotatable bonds is 5. The molecule has 0 aliphatic rings. The highest BCUT2D eigenvalue weighted by atomic mass is 35.5. The molecular formula is C20H16Cl2F3N5O3. The molecule has 0 aliphatic heterocycles. The number of methoxy groups -OCH3 is 1. The number of benzene rings is 1. The second-order valence-electron chi connectivity index (χ2n) is 5.92. The van der Waals surface area contributed by atoms with E-state index in [2.05, 4.69) is 15.0 Å². The minimum absolute atomic E-state index is 0.0303. The van der Waals surface area contributed by atoms with Crippen LogP contribution in [0.5, 0.6) is 17.4 Å². The molecule has 13 heteroatoms. The highest BCUT2D eigenvalue weighted by molar-refractivity contribution is 6.30. The molecular weight excluding hydrogens is 486 g/mol. The third-order valence-electron chi connectivity index (χ3n) is 3.81. The molecule has 0 fully saturated rings. The molecule has 174 valence electrons. The summed E-state index contributed by atoms with van der Waals surface area (Å²) in [6.45, 7) is 3.72. The lowest BCUT2D eigenvalue weighted by atomic mass is 10.2. The van der Waals surface area contributed by atoms with E-state index < -0.39 is 23.2 Å². The maximum atomic E-state index is 13.5. The zero-order chi connectivity index (χ0) is 24.8. The predicted octanol–water partition coefficient (Wildman–Crippen LogP) is 5.11. The van der Waals surface area contributed by atoms with Crippen LogP contribution in [0.25, 0.3) is 0 Å². The van der Waals surface area contributed by atoms with Gasteiger partial charge in [-0.2, -0.15) is 23.4 Å². The smallest absolute Gasteiger partial charge is 0.437 e. The van der Waals surface area contributed by atoms with Gasteiger partial charge in [-0.1, -0.05) is 25.4 Å². The molecule has 0 aliphatic carbocycles. The van der Waals surface area contributed by atoms with Crippen molar-refractivity contribution < 1.29 is 22.6 Å². The molecule has 0 saturated carbocycles. The first-order valence-corrected chi connectivity index (χ1v) is 9.98. The number of nitrogens with zero attached hydrogens (tertiary/aromatic N) is 5. The van der Waals surface area contributed by atoms with Crippen molar-refractivity contribution in [3.63, 3.8) is 0 Å². The summed E-state index contributed by atoms with van der Waals surface area (Å²) >= 11 is 11.6. The molecule has 0 N–H and O–H groups in total. The van der Waals surface area contributed by atoms with Crippen LogP contribution in [-0.4, -0.2) is 26.6 Å². The van der Waals surface area contributed by atoms with Crippen LogP contribution in [0.4, 0.5) is 13.2 Å². The summed E-state index contributed by atoms with van der Waals surface area (Å²) in [5, 5.41) is 8.94. The van der Waals surface area contributed by atoms with Crippen molar-refractivity contribution in [1.29, 1.82) is 5.26 Å². The van der Waals surface area contributed by atoms with Crippen LogP contribution in [0.2, 0.25) is 10.3 Å². The summed E-state index contributed by atoms with van der Waals surface area (Å²) in [5.74, 6) is -1.30. The number of ether oxygens (including phenoxy) is 2. The van der Waals surface area contributed by atoms with Crippen molar-refractivity contribution in [2.24, 2.45) is 0 Å². The molecule has 0 atom stereocenters. The Morgan fingerprint density at radius 2 is 1.88 bits per heavy atom. The summed E-state index contributed by atoms with van der Waals surface area (Å²) in [7, 11) is 1.30. The van der Waals surface area contributed by atoms with Gasteiger partial charge in [0.15, 0.2) is 5.69 Å². The Hall–Kier alpha value is -3.36. The largest absolute Gasteiger partial charge is 0.481 e. The van der Waals surface area contributed by atoms with Crippen LogP contribution in [0.3, 0.4) is 0 Å². The van der Waals surface area contributed by atoms with Crippen LogP contribution < -0.4 is 15.0 Å². The van der Waals surface area contributed by atoms with Crippen molar-refractivity contribution in [1.82, 2.24) is 19.5 Å². The molecule has 0 amide bonds. The van der Waals surface area contributed by atoms with E-state index in [1.165, 1.54) is 19.4 Å².